The van der Waals surface area contributed by atoms with Gasteiger partial charge in [-0.25, -0.2) is 0 Å². The summed E-state index contributed by atoms with van der Waals surface area (Å²) in [4.78, 5) is 0. The van der Waals surface area contributed by atoms with Crippen molar-refractivity contribution in [2.75, 3.05) is 6.54 Å². The van der Waals surface area contributed by atoms with Crippen LogP contribution in [0.25, 0.3) is 0 Å². The van der Waals surface area contributed by atoms with Crippen molar-refractivity contribution < 1.29 is 0 Å². The second-order valence-corrected chi connectivity index (χ2v) is 5.93. The zero-order valence-corrected chi connectivity index (χ0v) is 13.7. The van der Waals surface area contributed by atoms with E-state index in [1.807, 2.05) is 17.9 Å². The maximum atomic E-state index is 4.25. The van der Waals surface area contributed by atoms with Crippen LogP contribution in [0.2, 0.25) is 0 Å². The van der Waals surface area contributed by atoms with Crippen LogP contribution >= 0.6 is 0 Å². The molecule has 1 atom stereocenters. The average molecular weight is 285 g/mol. The van der Waals surface area contributed by atoms with Gasteiger partial charge in [0, 0.05) is 19.3 Å². The molecule has 2 aromatic rings. The minimum Gasteiger partial charge on any atom is -0.310 e. The van der Waals surface area contributed by atoms with Gasteiger partial charge in [-0.3, -0.25) is 4.68 Å². The molecule has 1 heterocycles. The Bertz CT molecular complexity index is 572. The van der Waals surface area contributed by atoms with Gasteiger partial charge in [-0.05, 0) is 56.3 Å². The Kier molecular flexibility index (Phi) is 5.57. The average Bonchev–Trinajstić information content (AvgIpc) is 2.86. The van der Waals surface area contributed by atoms with Gasteiger partial charge in [0.2, 0.25) is 0 Å². The Morgan fingerprint density at radius 2 is 2.10 bits per heavy atom. The number of benzene rings is 1. The zero-order valence-electron chi connectivity index (χ0n) is 13.7. The first kappa shape index (κ1) is 15.8. The number of nitrogens with zero attached hydrogens (tertiary/aromatic N) is 2. The second kappa shape index (κ2) is 7.41. The third-order valence-corrected chi connectivity index (χ3v) is 3.92. The van der Waals surface area contributed by atoms with E-state index < -0.39 is 0 Å². The molecule has 1 aromatic heterocycles. The van der Waals surface area contributed by atoms with Crippen LogP contribution in [-0.2, 0) is 13.5 Å². The Morgan fingerprint density at radius 3 is 2.71 bits per heavy atom. The minimum atomic E-state index is 0.422. The molecule has 0 aliphatic carbocycles. The molecule has 21 heavy (non-hydrogen) atoms. The predicted molar refractivity (Wildman–Crippen MR) is 88.5 cm³/mol. The van der Waals surface area contributed by atoms with E-state index >= 15 is 0 Å². The summed E-state index contributed by atoms with van der Waals surface area (Å²) in [5, 5.41) is 7.95. The van der Waals surface area contributed by atoms with Crippen LogP contribution in [0.1, 0.15) is 48.1 Å². The fourth-order valence-electron chi connectivity index (χ4n) is 2.81. The molecule has 0 bridgehead atoms. The van der Waals surface area contributed by atoms with Crippen molar-refractivity contribution in [1.82, 2.24) is 15.1 Å². The normalized spacial score (nSPS) is 12.6. The lowest BCUT2D eigenvalue weighted by Gasteiger charge is -2.21. The Balaban J connectivity index is 2.09. The molecule has 114 valence electrons. The highest BCUT2D eigenvalue weighted by Gasteiger charge is 2.13. The van der Waals surface area contributed by atoms with E-state index in [9.17, 15) is 0 Å². The van der Waals surface area contributed by atoms with Crippen molar-refractivity contribution >= 4 is 0 Å². The summed E-state index contributed by atoms with van der Waals surface area (Å²) in [7, 11) is 1.97. The second-order valence-electron chi connectivity index (χ2n) is 5.93. The topological polar surface area (TPSA) is 29.9 Å². The molecular formula is C18H27N3. The van der Waals surface area contributed by atoms with Gasteiger partial charge >= 0.3 is 0 Å². The highest BCUT2D eigenvalue weighted by Crippen LogP contribution is 2.23. The number of aryl methyl sites for hydroxylation is 4. The van der Waals surface area contributed by atoms with Crippen LogP contribution in [0, 0.1) is 13.8 Å². The molecule has 1 unspecified atom stereocenters. The lowest BCUT2D eigenvalue weighted by Crippen LogP contribution is -2.23. The first-order chi connectivity index (χ1) is 10.1. The van der Waals surface area contributed by atoms with Crippen LogP contribution in [0.4, 0.5) is 0 Å². The van der Waals surface area contributed by atoms with E-state index in [2.05, 4.69) is 55.6 Å². The summed E-state index contributed by atoms with van der Waals surface area (Å²) in [5.74, 6) is 0. The maximum Gasteiger partial charge on any atom is 0.0521 e. The largest absolute Gasteiger partial charge is 0.310 e. The Labute approximate surface area is 128 Å². The summed E-state index contributed by atoms with van der Waals surface area (Å²) in [5.41, 5.74) is 5.45. The lowest BCUT2D eigenvalue weighted by molar-refractivity contribution is 0.497. The predicted octanol–water partition coefficient (Wildman–Crippen LogP) is 3.71. The molecule has 0 aliphatic heterocycles. The van der Waals surface area contributed by atoms with E-state index in [-0.39, 0.29) is 0 Å². The fraction of sp³-hybridized carbons (Fsp3) is 0.500. The highest BCUT2D eigenvalue weighted by atomic mass is 15.2. The van der Waals surface area contributed by atoms with Crippen molar-refractivity contribution in [3.05, 3.63) is 52.8 Å². The number of nitrogens with one attached hydrogen (secondary N) is 1. The van der Waals surface area contributed by atoms with E-state index in [1.54, 1.807) is 0 Å². The van der Waals surface area contributed by atoms with Gasteiger partial charge in [0.15, 0.2) is 0 Å². The molecule has 3 nitrogen and oxygen atoms in total. The molecule has 1 aromatic carbocycles. The minimum absolute atomic E-state index is 0.422. The van der Waals surface area contributed by atoms with Crippen molar-refractivity contribution in [1.29, 1.82) is 0 Å². The zero-order chi connectivity index (χ0) is 15.2. The van der Waals surface area contributed by atoms with Crippen LogP contribution in [0.3, 0.4) is 0 Å². The summed E-state index contributed by atoms with van der Waals surface area (Å²) in [6.07, 6.45) is 7.41. The number of hydrogen-bond donors (Lipinski definition) is 1. The number of aromatic nitrogens is 2. The van der Waals surface area contributed by atoms with Gasteiger partial charge in [-0.1, -0.05) is 30.7 Å². The van der Waals surface area contributed by atoms with Gasteiger partial charge in [0.25, 0.3) is 0 Å². The van der Waals surface area contributed by atoms with Crippen molar-refractivity contribution in [3.63, 3.8) is 0 Å². The fourth-order valence-corrected chi connectivity index (χ4v) is 2.81. The van der Waals surface area contributed by atoms with Crippen LogP contribution in [0.5, 0.6) is 0 Å². The lowest BCUT2D eigenvalue weighted by atomic mass is 9.95. The van der Waals surface area contributed by atoms with Crippen molar-refractivity contribution in [2.24, 2.45) is 7.05 Å². The molecule has 0 saturated carbocycles. The molecule has 0 amide bonds. The third kappa shape index (κ3) is 4.43. The molecule has 0 fully saturated rings. The van der Waals surface area contributed by atoms with E-state index in [1.165, 1.54) is 22.3 Å². The van der Waals surface area contributed by atoms with Crippen LogP contribution < -0.4 is 5.32 Å². The van der Waals surface area contributed by atoms with Crippen molar-refractivity contribution in [2.45, 2.75) is 46.1 Å². The third-order valence-electron chi connectivity index (χ3n) is 3.92. The summed E-state index contributed by atoms with van der Waals surface area (Å²) < 4.78 is 1.88. The van der Waals surface area contributed by atoms with E-state index in [4.69, 9.17) is 0 Å². The SMILES string of the molecule is CCCNC(CCc1cnn(C)c1)c1ccc(C)cc1C. The standard InChI is InChI=1S/C18H27N3/c1-5-10-19-18(9-7-16-12-20-21(4)13-16)17-8-6-14(2)11-15(17)3/h6,8,11-13,18-19H,5,7,9-10H2,1-4H3. The molecule has 0 radical (unpaired) electrons. The molecule has 0 spiro atoms. The van der Waals surface area contributed by atoms with Crippen LogP contribution in [-0.4, -0.2) is 16.3 Å². The summed E-state index contributed by atoms with van der Waals surface area (Å²) >= 11 is 0. The van der Waals surface area contributed by atoms with E-state index in [0.717, 1.165) is 25.8 Å². The molecular weight excluding hydrogens is 258 g/mol. The molecule has 0 saturated heterocycles. The van der Waals surface area contributed by atoms with E-state index in [0.29, 0.717) is 6.04 Å². The Morgan fingerprint density at radius 1 is 1.29 bits per heavy atom. The van der Waals surface area contributed by atoms with Crippen molar-refractivity contribution in [3.8, 4) is 0 Å². The monoisotopic (exact) mass is 285 g/mol. The van der Waals surface area contributed by atoms with Gasteiger partial charge in [0.1, 0.15) is 0 Å². The maximum absolute atomic E-state index is 4.25. The molecule has 0 aliphatic rings. The van der Waals surface area contributed by atoms with Crippen LogP contribution in [0.15, 0.2) is 30.6 Å². The molecule has 1 N–H and O–H groups in total. The van der Waals surface area contributed by atoms with Gasteiger partial charge in [-0.2, -0.15) is 5.10 Å². The van der Waals surface area contributed by atoms with Gasteiger partial charge < -0.3 is 5.32 Å². The highest BCUT2D eigenvalue weighted by molar-refractivity contribution is 5.33. The first-order valence-electron chi connectivity index (χ1n) is 7.88. The number of hydrogen-bond acceptors (Lipinski definition) is 2. The van der Waals surface area contributed by atoms with Gasteiger partial charge in [0.05, 0.1) is 6.20 Å². The quantitative estimate of drug-likeness (QED) is 0.840. The first-order valence-corrected chi connectivity index (χ1v) is 7.88. The summed E-state index contributed by atoms with van der Waals surface area (Å²) in [6, 6.07) is 7.19. The molecule has 2 rings (SSSR count). The van der Waals surface area contributed by atoms with Gasteiger partial charge in [-0.15, -0.1) is 0 Å². The molecule has 3 heteroatoms. The number of rotatable bonds is 7. The summed E-state index contributed by atoms with van der Waals surface area (Å²) in [6.45, 7) is 7.64. The Hall–Kier alpha value is -1.61. The smallest absolute Gasteiger partial charge is 0.0521 e.